The van der Waals surface area contributed by atoms with E-state index in [0.717, 1.165) is 11.3 Å². The van der Waals surface area contributed by atoms with Gasteiger partial charge < -0.3 is 16.4 Å². The number of aromatic nitrogens is 2. The van der Waals surface area contributed by atoms with E-state index < -0.39 is 0 Å². The Morgan fingerprint density at radius 3 is 2.86 bits per heavy atom. The average molecular weight is 415 g/mol. The summed E-state index contributed by atoms with van der Waals surface area (Å²) in [5.41, 5.74) is 8.30. The molecule has 1 aromatic carbocycles. The molecule has 0 bridgehead atoms. The van der Waals surface area contributed by atoms with Crippen LogP contribution in [0.4, 0.5) is 21.4 Å². The fraction of sp³-hybridized carbons (Fsp3) is 0.111. The monoisotopic (exact) mass is 414 g/mol. The van der Waals surface area contributed by atoms with E-state index in [1.54, 1.807) is 6.08 Å². The van der Waals surface area contributed by atoms with Gasteiger partial charge in [0.25, 0.3) is 0 Å². The highest BCUT2D eigenvalue weighted by molar-refractivity contribution is 7.23. The van der Waals surface area contributed by atoms with Crippen LogP contribution in [0.2, 0.25) is 0 Å². The van der Waals surface area contributed by atoms with Crippen molar-refractivity contribution in [3.63, 3.8) is 0 Å². The number of urea groups is 1. The number of carbonyl (C=O) groups excluding carboxylic acids is 2. The van der Waals surface area contributed by atoms with Gasteiger partial charge in [0.15, 0.2) is 5.13 Å². The van der Waals surface area contributed by atoms with Gasteiger partial charge in [-0.3, -0.25) is 10.1 Å². The molecule has 0 radical (unpaired) electrons. The zero-order chi connectivity index (χ0) is 20.1. The number of nitrogens with zero attached hydrogens (tertiary/aromatic N) is 2. The lowest BCUT2D eigenvalue weighted by atomic mass is 10.1. The molecule has 28 heavy (non-hydrogen) atoms. The SMILES string of the molecule is C=CCC(=O)Nc1cccc(-c2csc(-c3sc(NC(=O)NC)nc3N)n2)c1. The maximum Gasteiger partial charge on any atom is 0.320 e. The number of benzene rings is 1. The van der Waals surface area contributed by atoms with Crippen LogP contribution in [0.25, 0.3) is 21.1 Å². The normalized spacial score (nSPS) is 10.3. The minimum atomic E-state index is -0.365. The standard InChI is InChI=1S/C18H18N6O2S2/c1-3-5-13(25)21-11-7-4-6-10(8-11)12-9-27-16(22-12)14-15(19)23-18(28-14)24-17(26)20-2/h3-4,6-9H,1,5,19H2,2H3,(H,21,25)(H2,20,23,24,26). The highest BCUT2D eigenvalue weighted by atomic mass is 32.1. The number of hydrogen-bond donors (Lipinski definition) is 4. The smallest absolute Gasteiger partial charge is 0.320 e. The molecule has 0 fully saturated rings. The van der Waals surface area contributed by atoms with Crippen molar-refractivity contribution in [3.05, 3.63) is 42.3 Å². The minimum absolute atomic E-state index is 0.125. The predicted molar refractivity (Wildman–Crippen MR) is 115 cm³/mol. The number of nitrogens with one attached hydrogen (secondary N) is 3. The van der Waals surface area contributed by atoms with Gasteiger partial charge in [0.1, 0.15) is 15.7 Å². The second-order valence-electron chi connectivity index (χ2n) is 5.60. The van der Waals surface area contributed by atoms with Crippen LogP contribution in [0, 0.1) is 0 Å². The third-order valence-electron chi connectivity index (χ3n) is 3.57. The van der Waals surface area contributed by atoms with Crippen molar-refractivity contribution >= 4 is 51.2 Å². The number of nitrogen functional groups attached to an aromatic ring is 1. The Kier molecular flexibility index (Phi) is 6.02. The van der Waals surface area contributed by atoms with Crippen LogP contribution in [-0.4, -0.2) is 29.0 Å². The number of rotatable bonds is 6. The Morgan fingerprint density at radius 2 is 2.11 bits per heavy atom. The molecule has 0 spiro atoms. The molecule has 0 aliphatic carbocycles. The summed E-state index contributed by atoms with van der Waals surface area (Å²) in [6.45, 7) is 3.56. The maximum absolute atomic E-state index is 11.7. The van der Waals surface area contributed by atoms with E-state index in [2.05, 4.69) is 32.5 Å². The molecule has 0 unspecified atom stereocenters. The topological polar surface area (TPSA) is 122 Å². The van der Waals surface area contributed by atoms with E-state index in [1.165, 1.54) is 29.7 Å². The summed E-state index contributed by atoms with van der Waals surface area (Å²) < 4.78 is 0. The second kappa shape index (κ2) is 8.63. The maximum atomic E-state index is 11.7. The van der Waals surface area contributed by atoms with Crippen LogP contribution in [-0.2, 0) is 4.79 Å². The Morgan fingerprint density at radius 1 is 1.29 bits per heavy atom. The molecule has 2 aromatic heterocycles. The molecule has 2 heterocycles. The van der Waals surface area contributed by atoms with Gasteiger partial charge in [0.05, 0.1) is 5.69 Å². The van der Waals surface area contributed by atoms with E-state index in [9.17, 15) is 9.59 Å². The summed E-state index contributed by atoms with van der Waals surface area (Å²) >= 11 is 2.68. The molecule has 0 atom stereocenters. The molecule has 3 amide bonds. The van der Waals surface area contributed by atoms with E-state index in [0.29, 0.717) is 26.5 Å². The van der Waals surface area contributed by atoms with Crippen molar-refractivity contribution in [1.82, 2.24) is 15.3 Å². The molecule has 8 nitrogen and oxygen atoms in total. The predicted octanol–water partition coefficient (Wildman–Crippen LogP) is 3.78. The Hall–Kier alpha value is -3.24. The summed E-state index contributed by atoms with van der Waals surface area (Å²) in [5, 5.41) is 10.9. The lowest BCUT2D eigenvalue weighted by Gasteiger charge is -2.05. The van der Waals surface area contributed by atoms with E-state index in [4.69, 9.17) is 5.73 Å². The van der Waals surface area contributed by atoms with E-state index >= 15 is 0 Å². The fourth-order valence-corrected chi connectivity index (χ4v) is 4.12. The largest absolute Gasteiger partial charge is 0.382 e. The van der Waals surface area contributed by atoms with Crippen LogP contribution in [0.3, 0.4) is 0 Å². The molecule has 3 rings (SSSR count). The Labute approximate surface area is 169 Å². The molecule has 3 aromatic rings. The van der Waals surface area contributed by atoms with Crippen molar-refractivity contribution in [2.75, 3.05) is 23.4 Å². The molecular formula is C18H18N6O2S2. The number of thiazole rings is 2. The first-order valence-electron chi connectivity index (χ1n) is 8.22. The van der Waals surface area contributed by atoms with Gasteiger partial charge in [0.2, 0.25) is 5.91 Å². The first-order chi connectivity index (χ1) is 13.5. The fourth-order valence-electron chi connectivity index (χ4n) is 2.31. The average Bonchev–Trinajstić information content (AvgIpc) is 3.28. The number of nitrogens with two attached hydrogens (primary N) is 1. The highest BCUT2D eigenvalue weighted by Gasteiger charge is 2.16. The summed E-state index contributed by atoms with van der Waals surface area (Å²) in [5.74, 6) is 0.183. The second-order valence-corrected chi connectivity index (χ2v) is 7.45. The van der Waals surface area contributed by atoms with Crippen molar-refractivity contribution in [1.29, 1.82) is 0 Å². The minimum Gasteiger partial charge on any atom is -0.382 e. The van der Waals surface area contributed by atoms with Gasteiger partial charge >= 0.3 is 6.03 Å². The Bertz CT molecular complexity index is 1030. The van der Waals surface area contributed by atoms with Crippen LogP contribution in [0.15, 0.2) is 42.3 Å². The van der Waals surface area contributed by atoms with Gasteiger partial charge in [-0.05, 0) is 12.1 Å². The quantitative estimate of drug-likeness (QED) is 0.457. The number of hydrogen-bond acceptors (Lipinski definition) is 7. The summed E-state index contributed by atoms with van der Waals surface area (Å²) in [7, 11) is 1.52. The van der Waals surface area contributed by atoms with Gasteiger partial charge in [-0.2, -0.15) is 0 Å². The van der Waals surface area contributed by atoms with Crippen LogP contribution < -0.4 is 21.7 Å². The first kappa shape index (κ1) is 19.5. The third-order valence-corrected chi connectivity index (χ3v) is 5.55. The molecule has 10 heteroatoms. The van der Waals surface area contributed by atoms with Crippen molar-refractivity contribution in [3.8, 4) is 21.1 Å². The number of amides is 3. The lowest BCUT2D eigenvalue weighted by Crippen LogP contribution is -2.24. The van der Waals surface area contributed by atoms with Gasteiger partial charge in [0, 0.05) is 30.1 Å². The summed E-state index contributed by atoms with van der Waals surface area (Å²) in [6.07, 6.45) is 1.81. The molecular weight excluding hydrogens is 396 g/mol. The number of carbonyl (C=O) groups is 2. The van der Waals surface area contributed by atoms with Crippen LogP contribution in [0.1, 0.15) is 6.42 Å². The van der Waals surface area contributed by atoms with E-state index in [1.807, 2.05) is 29.6 Å². The lowest BCUT2D eigenvalue weighted by molar-refractivity contribution is -0.115. The summed E-state index contributed by atoms with van der Waals surface area (Å²) in [6, 6.07) is 7.07. The highest BCUT2D eigenvalue weighted by Crippen LogP contribution is 2.38. The van der Waals surface area contributed by atoms with Crippen LogP contribution in [0.5, 0.6) is 0 Å². The zero-order valence-electron chi connectivity index (χ0n) is 15.0. The summed E-state index contributed by atoms with van der Waals surface area (Å²) in [4.78, 5) is 32.7. The van der Waals surface area contributed by atoms with Crippen LogP contribution >= 0.6 is 22.7 Å². The van der Waals surface area contributed by atoms with E-state index in [-0.39, 0.29) is 18.4 Å². The van der Waals surface area contributed by atoms with Gasteiger partial charge in [-0.25, -0.2) is 14.8 Å². The molecule has 0 aliphatic rings. The molecule has 0 aliphatic heterocycles. The van der Waals surface area contributed by atoms with Crippen molar-refractivity contribution < 1.29 is 9.59 Å². The molecule has 0 saturated heterocycles. The molecule has 0 saturated carbocycles. The Balaban J connectivity index is 1.82. The zero-order valence-corrected chi connectivity index (χ0v) is 16.6. The van der Waals surface area contributed by atoms with Gasteiger partial charge in [-0.1, -0.05) is 29.5 Å². The number of anilines is 3. The first-order valence-corrected chi connectivity index (χ1v) is 9.92. The van der Waals surface area contributed by atoms with Crippen molar-refractivity contribution in [2.24, 2.45) is 0 Å². The molecule has 144 valence electrons. The third kappa shape index (κ3) is 4.53. The van der Waals surface area contributed by atoms with Crippen molar-refractivity contribution in [2.45, 2.75) is 6.42 Å². The molecule has 5 N–H and O–H groups in total. The van der Waals surface area contributed by atoms with Gasteiger partial charge in [-0.15, -0.1) is 17.9 Å².